The van der Waals surface area contributed by atoms with Crippen molar-refractivity contribution >= 4 is 0 Å². The molecule has 2 aromatic carbocycles. The molecule has 27 heavy (non-hydrogen) atoms. The van der Waals surface area contributed by atoms with E-state index in [1.165, 1.54) is 48.8 Å². The first kappa shape index (κ1) is 16.3. The maximum Gasteiger partial charge on any atom is 0.0675 e. The summed E-state index contributed by atoms with van der Waals surface area (Å²) in [5.74, 6) is 1.56. The molecule has 0 unspecified atom stereocenters. The van der Waals surface area contributed by atoms with Gasteiger partial charge >= 0.3 is 0 Å². The summed E-state index contributed by atoms with van der Waals surface area (Å²) >= 11 is 0. The average Bonchev–Trinajstić information content (AvgIpc) is 3.59. The molecule has 2 aliphatic heterocycles. The van der Waals surface area contributed by atoms with Gasteiger partial charge < -0.3 is 5.11 Å². The summed E-state index contributed by atoms with van der Waals surface area (Å²) in [7, 11) is 0. The van der Waals surface area contributed by atoms with Crippen LogP contribution in [0.1, 0.15) is 67.7 Å². The molecule has 2 heterocycles. The third-order valence-electron chi connectivity index (χ3n) is 8.19. The van der Waals surface area contributed by atoms with Crippen molar-refractivity contribution in [2.24, 2.45) is 11.8 Å². The van der Waals surface area contributed by atoms with Crippen LogP contribution < -0.4 is 5.32 Å². The van der Waals surface area contributed by atoms with Crippen molar-refractivity contribution in [1.29, 1.82) is 0 Å². The molecule has 0 saturated heterocycles. The second-order valence-corrected chi connectivity index (χ2v) is 9.81. The Kier molecular flexibility index (Phi) is 3.17. The molecule has 2 aromatic rings. The van der Waals surface area contributed by atoms with E-state index < -0.39 is 0 Å². The van der Waals surface area contributed by atoms with Gasteiger partial charge in [-0.15, -0.1) is 0 Å². The zero-order chi connectivity index (χ0) is 18.3. The standard InChI is InChI=1S/C25H29NO/c1-23-19-6-2-4-8-21(19)24(12-13-27)15-18(24)16-25(26-23,14-17-10-11-17)22-9-5-3-7-20(22)23/h2-9,17-18,26-27H,10-16H2,1H3/t18-,23-,24-,25+/m1/s1. The van der Waals surface area contributed by atoms with Crippen LogP contribution in [0.25, 0.3) is 0 Å². The van der Waals surface area contributed by atoms with E-state index >= 15 is 0 Å². The van der Waals surface area contributed by atoms with E-state index in [1.54, 1.807) is 5.56 Å². The van der Waals surface area contributed by atoms with Gasteiger partial charge in [0.15, 0.2) is 0 Å². The second-order valence-electron chi connectivity index (χ2n) is 9.81. The van der Waals surface area contributed by atoms with Crippen LogP contribution in [0.2, 0.25) is 0 Å². The van der Waals surface area contributed by atoms with E-state index in [0.717, 1.165) is 12.3 Å². The van der Waals surface area contributed by atoms with Crippen LogP contribution in [0.5, 0.6) is 0 Å². The molecule has 6 rings (SSSR count). The highest BCUT2D eigenvalue weighted by molar-refractivity contribution is 5.57. The van der Waals surface area contributed by atoms with E-state index in [-0.39, 0.29) is 23.1 Å². The molecule has 2 fully saturated rings. The lowest BCUT2D eigenvalue weighted by Crippen LogP contribution is -2.49. The second kappa shape index (κ2) is 5.24. The summed E-state index contributed by atoms with van der Waals surface area (Å²) < 4.78 is 0. The number of rotatable bonds is 4. The monoisotopic (exact) mass is 359 g/mol. The molecule has 2 heteroatoms. The number of fused-ring (bicyclic) bond motifs is 9. The molecule has 2 bridgehead atoms. The molecule has 2 saturated carbocycles. The molecule has 0 radical (unpaired) electrons. The number of benzene rings is 2. The van der Waals surface area contributed by atoms with Gasteiger partial charge in [-0.05, 0) is 66.7 Å². The fourth-order valence-corrected chi connectivity index (χ4v) is 6.77. The van der Waals surface area contributed by atoms with Crippen LogP contribution in [-0.2, 0) is 16.5 Å². The first-order chi connectivity index (χ1) is 13.1. The maximum atomic E-state index is 9.89. The Hall–Kier alpha value is -1.64. The van der Waals surface area contributed by atoms with E-state index in [2.05, 4.69) is 60.8 Å². The summed E-state index contributed by atoms with van der Waals surface area (Å²) in [6.07, 6.45) is 7.41. The Balaban J connectivity index is 1.61. The topological polar surface area (TPSA) is 32.3 Å². The highest BCUT2D eigenvalue weighted by Crippen LogP contribution is 2.67. The Morgan fingerprint density at radius 1 is 0.926 bits per heavy atom. The molecule has 0 amide bonds. The number of aliphatic hydroxyl groups excluding tert-OH is 1. The van der Waals surface area contributed by atoms with Gasteiger partial charge in [0.25, 0.3) is 0 Å². The normalized spacial score (nSPS) is 38.4. The highest BCUT2D eigenvalue weighted by Gasteiger charge is 2.64. The fourth-order valence-electron chi connectivity index (χ4n) is 6.77. The fraction of sp³-hybridized carbons (Fsp3) is 0.520. The molecule has 2 N–H and O–H groups in total. The van der Waals surface area contributed by atoms with Crippen LogP contribution in [0, 0.1) is 11.8 Å². The van der Waals surface area contributed by atoms with Crippen molar-refractivity contribution in [3.63, 3.8) is 0 Å². The molecule has 2 nitrogen and oxygen atoms in total. The minimum absolute atomic E-state index is 0.0991. The Labute approximate surface area is 162 Å². The van der Waals surface area contributed by atoms with Crippen LogP contribution in [0.4, 0.5) is 0 Å². The molecule has 4 aliphatic rings. The highest BCUT2D eigenvalue weighted by atomic mass is 16.3. The van der Waals surface area contributed by atoms with Gasteiger partial charge in [0.2, 0.25) is 0 Å². The van der Waals surface area contributed by atoms with E-state index in [4.69, 9.17) is 0 Å². The average molecular weight is 360 g/mol. The number of hydrogen-bond acceptors (Lipinski definition) is 2. The van der Waals surface area contributed by atoms with Crippen molar-refractivity contribution in [2.75, 3.05) is 6.61 Å². The van der Waals surface area contributed by atoms with Crippen LogP contribution in [0.15, 0.2) is 48.5 Å². The number of nitrogens with one attached hydrogen (secondary N) is 1. The maximum absolute atomic E-state index is 9.89. The minimum atomic E-state index is -0.141. The quantitative estimate of drug-likeness (QED) is 0.837. The van der Waals surface area contributed by atoms with Gasteiger partial charge in [0.1, 0.15) is 0 Å². The molecular weight excluding hydrogens is 330 g/mol. The lowest BCUT2D eigenvalue weighted by atomic mass is 9.75. The first-order valence-corrected chi connectivity index (χ1v) is 10.7. The van der Waals surface area contributed by atoms with Crippen molar-refractivity contribution in [1.82, 2.24) is 5.32 Å². The zero-order valence-corrected chi connectivity index (χ0v) is 16.2. The van der Waals surface area contributed by atoms with E-state index in [0.29, 0.717) is 5.92 Å². The van der Waals surface area contributed by atoms with Gasteiger partial charge in [-0.2, -0.15) is 0 Å². The Morgan fingerprint density at radius 2 is 1.56 bits per heavy atom. The molecule has 4 atom stereocenters. The van der Waals surface area contributed by atoms with Crippen molar-refractivity contribution < 1.29 is 5.11 Å². The van der Waals surface area contributed by atoms with Gasteiger partial charge in [-0.25, -0.2) is 0 Å². The zero-order valence-electron chi connectivity index (χ0n) is 16.2. The molecule has 0 aromatic heterocycles. The smallest absolute Gasteiger partial charge is 0.0675 e. The predicted octanol–water partition coefficient (Wildman–Crippen LogP) is 4.59. The van der Waals surface area contributed by atoms with Crippen LogP contribution in [-0.4, -0.2) is 11.7 Å². The number of aliphatic hydroxyl groups is 1. The molecule has 140 valence electrons. The third-order valence-corrected chi connectivity index (χ3v) is 8.19. The van der Waals surface area contributed by atoms with Crippen LogP contribution in [0.3, 0.4) is 0 Å². The summed E-state index contributed by atoms with van der Waals surface area (Å²) in [5.41, 5.74) is 6.08. The molecule has 2 aliphatic carbocycles. The van der Waals surface area contributed by atoms with Gasteiger partial charge in [0.05, 0.1) is 5.54 Å². The van der Waals surface area contributed by atoms with Crippen LogP contribution >= 0.6 is 0 Å². The summed E-state index contributed by atoms with van der Waals surface area (Å²) in [4.78, 5) is 0. The Bertz CT molecular complexity index is 918. The number of hydrogen-bond donors (Lipinski definition) is 2. The third kappa shape index (κ3) is 2.09. The van der Waals surface area contributed by atoms with Gasteiger partial charge in [0, 0.05) is 17.6 Å². The Morgan fingerprint density at radius 3 is 2.22 bits per heavy atom. The van der Waals surface area contributed by atoms with Gasteiger partial charge in [-0.3, -0.25) is 5.32 Å². The predicted molar refractivity (Wildman–Crippen MR) is 108 cm³/mol. The largest absolute Gasteiger partial charge is 0.396 e. The lowest BCUT2D eigenvalue weighted by molar-refractivity contribution is 0.207. The molecule has 0 spiro atoms. The summed E-state index contributed by atoms with van der Waals surface area (Å²) in [6.45, 7) is 2.69. The lowest BCUT2D eigenvalue weighted by Gasteiger charge is -2.40. The molecular formula is C25H29NO. The van der Waals surface area contributed by atoms with Crippen molar-refractivity contribution in [3.8, 4) is 0 Å². The first-order valence-electron chi connectivity index (χ1n) is 10.7. The van der Waals surface area contributed by atoms with E-state index in [1.807, 2.05) is 0 Å². The summed E-state index contributed by atoms with van der Waals surface area (Å²) in [6, 6.07) is 18.2. The van der Waals surface area contributed by atoms with E-state index in [9.17, 15) is 5.11 Å². The SMILES string of the molecule is C[C@@]12N[C@@](CC3CC3)(C[C@H]3C[C@@]3(CCO)c3ccccc31)c1ccccc12. The summed E-state index contributed by atoms with van der Waals surface area (Å²) in [5, 5.41) is 14.1. The minimum Gasteiger partial charge on any atom is -0.396 e. The van der Waals surface area contributed by atoms with Gasteiger partial charge in [-0.1, -0.05) is 61.4 Å². The van der Waals surface area contributed by atoms with Crippen molar-refractivity contribution in [2.45, 2.75) is 61.9 Å². The van der Waals surface area contributed by atoms with Crippen molar-refractivity contribution in [3.05, 3.63) is 70.8 Å².